The number of methoxy groups -OCH3 is 2. The minimum absolute atomic E-state index is 0.0226. The van der Waals surface area contributed by atoms with Crippen molar-refractivity contribution in [2.45, 2.75) is 32.9 Å². The number of benzene rings is 3. The van der Waals surface area contributed by atoms with Crippen molar-refractivity contribution in [3.8, 4) is 17.2 Å². The monoisotopic (exact) mass is 572 g/mol. The summed E-state index contributed by atoms with van der Waals surface area (Å²) in [6.45, 7) is 4.18. The smallest absolute Gasteiger partial charge is 0.261 e. The summed E-state index contributed by atoms with van der Waals surface area (Å²) in [5.74, 6) is 0.984. The van der Waals surface area contributed by atoms with Crippen LogP contribution in [0.15, 0.2) is 66.7 Å². The Labute approximate surface area is 240 Å². The van der Waals surface area contributed by atoms with Gasteiger partial charge in [-0.25, -0.2) is 0 Å². The Morgan fingerprint density at radius 2 is 1.46 bits per heavy atom. The zero-order valence-corrected chi connectivity index (χ0v) is 24.1. The molecular weight excluding hydrogens is 539 g/mol. The highest BCUT2D eigenvalue weighted by molar-refractivity contribution is 6.36. The number of nitrogens with zero attached hydrogens (tertiary/aromatic N) is 1. The largest absolute Gasteiger partial charge is 0.496 e. The average Bonchev–Trinajstić information content (AvgIpc) is 2.93. The van der Waals surface area contributed by atoms with Crippen molar-refractivity contribution >= 4 is 35.0 Å². The molecule has 1 unspecified atom stereocenters. The SMILES string of the molecule is COc1cc(OC)cc(OCC(=O)N(Cc2c(Cl)cccc2Cl)C(Cc2ccccc2)C(=O)NCC(C)C)c1. The van der Waals surface area contributed by atoms with Crippen LogP contribution in [-0.4, -0.2) is 50.1 Å². The molecule has 0 spiro atoms. The standard InChI is InChI=1S/C30H34Cl2N2O5/c1-20(2)17-33-30(36)28(13-21-9-6-5-7-10-21)34(18-25-26(31)11-8-12-27(25)32)29(35)19-39-24-15-22(37-3)14-23(16-24)38-4/h5-12,14-16,20,28H,13,17-19H2,1-4H3,(H,33,36). The van der Waals surface area contributed by atoms with E-state index < -0.39 is 11.9 Å². The maximum absolute atomic E-state index is 13.8. The van der Waals surface area contributed by atoms with Gasteiger partial charge in [-0.2, -0.15) is 0 Å². The molecule has 0 fully saturated rings. The topological polar surface area (TPSA) is 77.1 Å². The van der Waals surface area contributed by atoms with Gasteiger partial charge in [0.1, 0.15) is 23.3 Å². The number of ether oxygens (including phenoxy) is 3. The summed E-state index contributed by atoms with van der Waals surface area (Å²) in [6.07, 6.45) is 0.297. The quantitative estimate of drug-likeness (QED) is 0.280. The molecule has 3 aromatic carbocycles. The lowest BCUT2D eigenvalue weighted by atomic mass is 10.0. The van der Waals surface area contributed by atoms with Crippen LogP contribution in [0.1, 0.15) is 25.0 Å². The molecule has 208 valence electrons. The Balaban J connectivity index is 1.96. The highest BCUT2D eigenvalue weighted by atomic mass is 35.5. The first kappa shape index (κ1) is 30.1. The first-order valence-corrected chi connectivity index (χ1v) is 13.4. The average molecular weight is 574 g/mol. The molecule has 3 rings (SSSR count). The van der Waals surface area contributed by atoms with Gasteiger partial charge in [-0.3, -0.25) is 9.59 Å². The Bertz CT molecular complexity index is 1210. The first-order valence-electron chi connectivity index (χ1n) is 12.6. The third-order valence-corrected chi connectivity index (χ3v) is 6.74. The minimum Gasteiger partial charge on any atom is -0.496 e. The van der Waals surface area contributed by atoms with Gasteiger partial charge in [0.15, 0.2) is 6.61 Å². The molecule has 0 aliphatic heterocycles. The highest BCUT2D eigenvalue weighted by Gasteiger charge is 2.31. The molecule has 0 saturated heterocycles. The fourth-order valence-corrected chi connectivity index (χ4v) is 4.44. The fourth-order valence-electron chi connectivity index (χ4n) is 3.92. The van der Waals surface area contributed by atoms with E-state index in [-0.39, 0.29) is 25.0 Å². The molecule has 0 heterocycles. The molecule has 2 amide bonds. The zero-order chi connectivity index (χ0) is 28.4. The number of amides is 2. The second-order valence-corrected chi connectivity index (χ2v) is 10.2. The predicted molar refractivity (Wildman–Crippen MR) is 154 cm³/mol. The highest BCUT2D eigenvalue weighted by Crippen LogP contribution is 2.29. The molecule has 39 heavy (non-hydrogen) atoms. The summed E-state index contributed by atoms with van der Waals surface area (Å²) >= 11 is 13.0. The second-order valence-electron chi connectivity index (χ2n) is 9.40. The molecule has 1 N–H and O–H groups in total. The van der Waals surface area contributed by atoms with Gasteiger partial charge in [0.05, 0.1) is 14.2 Å². The Morgan fingerprint density at radius 3 is 2.03 bits per heavy atom. The molecule has 0 radical (unpaired) electrons. The fraction of sp³-hybridized carbons (Fsp3) is 0.333. The molecule has 0 aliphatic carbocycles. The molecule has 0 aromatic heterocycles. The lowest BCUT2D eigenvalue weighted by Gasteiger charge is -2.32. The van der Waals surface area contributed by atoms with Gasteiger partial charge in [0.25, 0.3) is 5.91 Å². The lowest BCUT2D eigenvalue weighted by molar-refractivity contribution is -0.142. The Kier molecular flexibility index (Phi) is 11.3. The summed E-state index contributed by atoms with van der Waals surface area (Å²) in [7, 11) is 3.06. The van der Waals surface area contributed by atoms with Crippen LogP contribution < -0.4 is 19.5 Å². The molecule has 0 saturated carbocycles. The minimum atomic E-state index is -0.838. The van der Waals surface area contributed by atoms with Crippen molar-refractivity contribution in [2.24, 2.45) is 5.92 Å². The van der Waals surface area contributed by atoms with E-state index in [1.54, 1.807) is 36.4 Å². The molecule has 9 heteroatoms. The van der Waals surface area contributed by atoms with Crippen molar-refractivity contribution < 1.29 is 23.8 Å². The summed E-state index contributed by atoms with van der Waals surface area (Å²) in [5, 5.41) is 3.79. The number of rotatable bonds is 13. The van der Waals surface area contributed by atoms with Crippen LogP contribution in [-0.2, 0) is 22.6 Å². The molecule has 0 aliphatic rings. The van der Waals surface area contributed by atoms with Crippen LogP contribution in [0.25, 0.3) is 0 Å². The second kappa shape index (κ2) is 14.7. The van der Waals surface area contributed by atoms with Crippen molar-refractivity contribution in [3.05, 3.63) is 87.9 Å². The predicted octanol–water partition coefficient (Wildman–Crippen LogP) is 5.80. The van der Waals surface area contributed by atoms with E-state index in [9.17, 15) is 9.59 Å². The lowest BCUT2D eigenvalue weighted by Crippen LogP contribution is -2.52. The van der Waals surface area contributed by atoms with Gasteiger partial charge >= 0.3 is 0 Å². The van der Waals surface area contributed by atoms with Crippen LogP contribution in [0, 0.1) is 5.92 Å². The summed E-state index contributed by atoms with van der Waals surface area (Å²) < 4.78 is 16.5. The molecular formula is C30H34Cl2N2O5. The van der Waals surface area contributed by atoms with Crippen molar-refractivity contribution in [1.29, 1.82) is 0 Å². The van der Waals surface area contributed by atoms with Crippen LogP contribution in [0.4, 0.5) is 0 Å². The maximum Gasteiger partial charge on any atom is 0.261 e. The van der Waals surface area contributed by atoms with Gasteiger partial charge < -0.3 is 24.4 Å². The summed E-state index contributed by atoms with van der Waals surface area (Å²) in [5.41, 5.74) is 1.45. The summed E-state index contributed by atoms with van der Waals surface area (Å²) in [6, 6.07) is 18.9. The number of halogens is 2. The van der Waals surface area contributed by atoms with Gasteiger partial charge in [-0.15, -0.1) is 0 Å². The maximum atomic E-state index is 13.8. The van der Waals surface area contributed by atoms with E-state index in [1.165, 1.54) is 19.1 Å². The van der Waals surface area contributed by atoms with Crippen LogP contribution >= 0.6 is 23.2 Å². The van der Waals surface area contributed by atoms with E-state index in [4.69, 9.17) is 37.4 Å². The van der Waals surface area contributed by atoms with Crippen LogP contribution in [0.5, 0.6) is 17.2 Å². The molecule has 3 aromatic rings. The van der Waals surface area contributed by atoms with Crippen molar-refractivity contribution in [3.63, 3.8) is 0 Å². The Hall–Kier alpha value is -3.42. The number of hydrogen-bond donors (Lipinski definition) is 1. The van der Waals surface area contributed by atoms with Gasteiger partial charge in [-0.05, 0) is 23.6 Å². The number of carbonyl (C=O) groups is 2. The van der Waals surface area contributed by atoms with Crippen molar-refractivity contribution in [2.75, 3.05) is 27.4 Å². The number of hydrogen-bond acceptors (Lipinski definition) is 5. The number of nitrogens with one attached hydrogen (secondary N) is 1. The normalized spacial score (nSPS) is 11.6. The third kappa shape index (κ3) is 8.80. The van der Waals surface area contributed by atoms with Crippen LogP contribution in [0.2, 0.25) is 10.0 Å². The van der Waals surface area contributed by atoms with E-state index in [0.717, 1.165) is 5.56 Å². The zero-order valence-electron chi connectivity index (χ0n) is 22.6. The molecule has 1 atom stereocenters. The third-order valence-electron chi connectivity index (χ3n) is 6.03. The first-order chi connectivity index (χ1) is 18.7. The van der Waals surface area contributed by atoms with E-state index in [1.807, 2.05) is 44.2 Å². The van der Waals surface area contributed by atoms with E-state index in [0.29, 0.717) is 45.8 Å². The molecule has 0 bridgehead atoms. The molecule has 7 nitrogen and oxygen atoms in total. The van der Waals surface area contributed by atoms with Crippen molar-refractivity contribution in [1.82, 2.24) is 10.2 Å². The Morgan fingerprint density at radius 1 is 0.872 bits per heavy atom. The van der Waals surface area contributed by atoms with E-state index in [2.05, 4.69) is 5.32 Å². The number of carbonyl (C=O) groups excluding carboxylic acids is 2. The van der Waals surface area contributed by atoms with Gasteiger partial charge in [0.2, 0.25) is 5.91 Å². The summed E-state index contributed by atoms with van der Waals surface area (Å²) in [4.78, 5) is 28.8. The van der Waals surface area contributed by atoms with E-state index >= 15 is 0 Å². The van der Waals surface area contributed by atoms with Crippen LogP contribution in [0.3, 0.4) is 0 Å². The van der Waals surface area contributed by atoms with Gasteiger partial charge in [0, 0.05) is 53.3 Å². The van der Waals surface area contributed by atoms with Gasteiger partial charge in [-0.1, -0.05) is 73.4 Å².